The van der Waals surface area contributed by atoms with Gasteiger partial charge in [-0.15, -0.1) is 0 Å². The zero-order chi connectivity index (χ0) is 15.9. The summed E-state index contributed by atoms with van der Waals surface area (Å²) in [7, 11) is -1.66. The van der Waals surface area contributed by atoms with Crippen molar-refractivity contribution in [2.75, 3.05) is 39.0 Å². The average molecular weight is 318 g/mol. The van der Waals surface area contributed by atoms with Gasteiger partial charge in [0, 0.05) is 33.3 Å². The fraction of sp³-hybridized carbons (Fsp3) is 0.786. The van der Waals surface area contributed by atoms with E-state index < -0.39 is 10.0 Å². The lowest BCUT2D eigenvalue weighted by Crippen LogP contribution is -2.50. The number of sulfonamides is 1. The van der Waals surface area contributed by atoms with E-state index in [1.54, 1.807) is 12.0 Å². The third-order valence-electron chi connectivity index (χ3n) is 3.76. The van der Waals surface area contributed by atoms with Crippen LogP contribution >= 0.6 is 0 Å². The maximum absolute atomic E-state index is 12.3. The first-order chi connectivity index (χ1) is 9.94. The van der Waals surface area contributed by atoms with E-state index in [-0.39, 0.29) is 17.8 Å². The molecule has 0 aromatic heterocycles. The van der Waals surface area contributed by atoms with Crippen LogP contribution in [0.5, 0.6) is 0 Å². The summed E-state index contributed by atoms with van der Waals surface area (Å²) in [5, 5.41) is 0. The molecule has 1 rings (SSSR count). The van der Waals surface area contributed by atoms with Crippen LogP contribution in [-0.2, 0) is 19.6 Å². The highest BCUT2D eigenvalue weighted by Crippen LogP contribution is 2.13. The Morgan fingerprint density at radius 2 is 1.90 bits per heavy atom. The smallest absolute Gasteiger partial charge is 0.246 e. The summed E-state index contributed by atoms with van der Waals surface area (Å²) >= 11 is 0. The average Bonchev–Trinajstić information content (AvgIpc) is 2.50. The molecule has 0 radical (unpaired) electrons. The van der Waals surface area contributed by atoms with Crippen LogP contribution in [0, 0.1) is 0 Å². The molecule has 1 saturated heterocycles. The molecule has 1 atom stereocenters. The predicted molar refractivity (Wildman–Crippen MR) is 82.5 cm³/mol. The van der Waals surface area contributed by atoms with Gasteiger partial charge in [-0.3, -0.25) is 4.79 Å². The van der Waals surface area contributed by atoms with Crippen molar-refractivity contribution in [1.82, 2.24) is 9.21 Å². The van der Waals surface area contributed by atoms with Gasteiger partial charge in [0.1, 0.15) is 0 Å². The molecule has 6 nitrogen and oxygen atoms in total. The Morgan fingerprint density at radius 1 is 1.29 bits per heavy atom. The number of rotatable bonds is 8. The highest BCUT2D eigenvalue weighted by molar-refractivity contribution is 7.89. The molecule has 1 fully saturated rings. The number of methoxy groups -OCH3 is 1. The largest absolute Gasteiger partial charge is 0.381 e. The Kier molecular flexibility index (Phi) is 7.34. The number of carbonyl (C=O) groups is 1. The van der Waals surface area contributed by atoms with Crippen molar-refractivity contribution in [3.8, 4) is 0 Å². The minimum atomic E-state index is -3.27. The van der Waals surface area contributed by atoms with Crippen molar-refractivity contribution in [2.24, 2.45) is 0 Å². The molecule has 122 valence electrons. The highest BCUT2D eigenvalue weighted by Gasteiger charge is 2.28. The van der Waals surface area contributed by atoms with Crippen LogP contribution in [0.15, 0.2) is 12.7 Å². The summed E-state index contributed by atoms with van der Waals surface area (Å²) in [6, 6.07) is 0. The third-order valence-corrected chi connectivity index (χ3v) is 5.66. The van der Waals surface area contributed by atoms with Gasteiger partial charge in [-0.05, 0) is 18.9 Å². The molecular formula is C14H26N2O4S. The molecule has 1 amide bonds. The quantitative estimate of drug-likeness (QED) is 0.622. The lowest BCUT2D eigenvalue weighted by Gasteiger charge is -2.33. The predicted octanol–water partition coefficient (Wildman–Crippen LogP) is 0.852. The zero-order valence-corrected chi connectivity index (χ0v) is 13.8. The van der Waals surface area contributed by atoms with Gasteiger partial charge >= 0.3 is 0 Å². The van der Waals surface area contributed by atoms with E-state index in [1.807, 2.05) is 0 Å². The second kappa shape index (κ2) is 8.51. The Morgan fingerprint density at radius 3 is 2.38 bits per heavy atom. The van der Waals surface area contributed by atoms with Crippen molar-refractivity contribution in [3.05, 3.63) is 12.7 Å². The van der Waals surface area contributed by atoms with Crippen molar-refractivity contribution in [3.63, 3.8) is 0 Å². The minimum Gasteiger partial charge on any atom is -0.381 e. The number of nitrogens with zero attached hydrogens (tertiary/aromatic N) is 2. The Bertz CT molecular complexity index is 442. The fourth-order valence-electron chi connectivity index (χ4n) is 2.43. The van der Waals surface area contributed by atoms with Crippen LogP contribution in [0.25, 0.3) is 0 Å². The van der Waals surface area contributed by atoms with E-state index in [9.17, 15) is 13.2 Å². The molecule has 0 saturated carbocycles. The summed E-state index contributed by atoms with van der Waals surface area (Å²) in [5.41, 5.74) is 0. The first-order valence-corrected chi connectivity index (χ1v) is 8.97. The van der Waals surface area contributed by atoms with Crippen LogP contribution in [0.1, 0.15) is 26.2 Å². The first kappa shape index (κ1) is 18.1. The Hall–Kier alpha value is -0.920. The maximum Gasteiger partial charge on any atom is 0.246 e. The van der Waals surface area contributed by atoms with Crippen molar-refractivity contribution >= 4 is 15.9 Å². The summed E-state index contributed by atoms with van der Waals surface area (Å²) in [5.74, 6) is -0.0459. The van der Waals surface area contributed by atoms with E-state index in [0.717, 1.165) is 12.8 Å². The van der Waals surface area contributed by atoms with Crippen LogP contribution in [-0.4, -0.2) is 68.7 Å². The monoisotopic (exact) mass is 318 g/mol. The topological polar surface area (TPSA) is 66.9 Å². The molecule has 7 heteroatoms. The van der Waals surface area contributed by atoms with E-state index in [0.29, 0.717) is 32.6 Å². The molecule has 1 aliphatic rings. The number of piperazine rings is 1. The Labute approximate surface area is 127 Å². The second-order valence-corrected chi connectivity index (χ2v) is 7.27. The van der Waals surface area contributed by atoms with Crippen LogP contribution < -0.4 is 0 Å². The standard InChI is InChI=1S/C14H26N2O4S/c1-4-6-13(20-3)7-12-21(18,19)16-10-8-15(9-11-16)14(17)5-2/h5,13H,2,4,6-12H2,1,3H3. The SMILES string of the molecule is C=CC(=O)N1CCN(S(=O)(=O)CCC(CCC)OC)CC1. The normalized spacial score (nSPS) is 18.5. The van der Waals surface area contributed by atoms with E-state index in [2.05, 4.69) is 13.5 Å². The number of hydrogen-bond donors (Lipinski definition) is 0. The molecule has 1 aliphatic heterocycles. The van der Waals surface area contributed by atoms with Crippen LogP contribution in [0.4, 0.5) is 0 Å². The molecule has 0 aliphatic carbocycles. The van der Waals surface area contributed by atoms with Gasteiger partial charge in [-0.2, -0.15) is 4.31 Å². The minimum absolute atomic E-state index is 0.00610. The van der Waals surface area contributed by atoms with Crippen molar-refractivity contribution < 1.29 is 17.9 Å². The van der Waals surface area contributed by atoms with Crippen molar-refractivity contribution in [1.29, 1.82) is 0 Å². The summed E-state index contributed by atoms with van der Waals surface area (Å²) in [4.78, 5) is 13.1. The molecule has 0 bridgehead atoms. The number of amides is 1. The molecule has 0 spiro atoms. The molecule has 1 unspecified atom stereocenters. The van der Waals surface area contributed by atoms with Gasteiger partial charge in [0.15, 0.2) is 0 Å². The van der Waals surface area contributed by atoms with Crippen molar-refractivity contribution in [2.45, 2.75) is 32.3 Å². The lowest BCUT2D eigenvalue weighted by atomic mass is 10.2. The summed E-state index contributed by atoms with van der Waals surface area (Å²) < 4.78 is 31.4. The molecule has 1 heterocycles. The van der Waals surface area contributed by atoms with Gasteiger partial charge in [-0.25, -0.2) is 8.42 Å². The number of hydrogen-bond acceptors (Lipinski definition) is 4. The summed E-state index contributed by atoms with van der Waals surface area (Å²) in [6.45, 7) is 7.05. The van der Waals surface area contributed by atoms with Crippen LogP contribution in [0.2, 0.25) is 0 Å². The zero-order valence-electron chi connectivity index (χ0n) is 13.0. The lowest BCUT2D eigenvalue weighted by molar-refractivity contribution is -0.127. The van der Waals surface area contributed by atoms with Gasteiger partial charge in [0.05, 0.1) is 11.9 Å². The van der Waals surface area contributed by atoms with Gasteiger partial charge in [0.2, 0.25) is 15.9 Å². The number of ether oxygens (including phenoxy) is 1. The molecule has 0 aromatic rings. The molecular weight excluding hydrogens is 292 g/mol. The second-order valence-electron chi connectivity index (χ2n) is 5.18. The van der Waals surface area contributed by atoms with E-state index >= 15 is 0 Å². The summed E-state index contributed by atoms with van der Waals surface area (Å²) in [6.07, 6.45) is 3.61. The van der Waals surface area contributed by atoms with Crippen LogP contribution in [0.3, 0.4) is 0 Å². The van der Waals surface area contributed by atoms with Gasteiger partial charge in [-0.1, -0.05) is 19.9 Å². The molecule has 21 heavy (non-hydrogen) atoms. The van der Waals surface area contributed by atoms with E-state index in [4.69, 9.17) is 4.74 Å². The highest BCUT2D eigenvalue weighted by atomic mass is 32.2. The van der Waals surface area contributed by atoms with Gasteiger partial charge < -0.3 is 9.64 Å². The molecule has 0 aromatic carbocycles. The maximum atomic E-state index is 12.3. The van der Waals surface area contributed by atoms with Gasteiger partial charge in [0.25, 0.3) is 0 Å². The third kappa shape index (κ3) is 5.41. The first-order valence-electron chi connectivity index (χ1n) is 7.36. The fourth-order valence-corrected chi connectivity index (χ4v) is 3.97. The Balaban J connectivity index is 2.49. The number of carbonyl (C=O) groups excluding carboxylic acids is 1. The molecule has 0 N–H and O–H groups in total. The van der Waals surface area contributed by atoms with E-state index in [1.165, 1.54) is 10.4 Å².